The first-order valence-electron chi connectivity index (χ1n) is 7.11. The topological polar surface area (TPSA) is 68.5 Å². The highest BCUT2D eigenvalue weighted by Gasteiger charge is 2.22. The van der Waals surface area contributed by atoms with Crippen molar-refractivity contribution in [3.05, 3.63) is 57.3 Å². The number of aromatic nitrogens is 1. The molecule has 0 unspecified atom stereocenters. The first-order chi connectivity index (χ1) is 10.6. The number of fused-ring (bicyclic) bond motifs is 1. The van der Waals surface area contributed by atoms with Crippen molar-refractivity contribution < 1.29 is 9.66 Å². The number of rotatable bonds is 3. The number of methoxy groups -OCH3 is 1. The third-order valence-corrected chi connectivity index (χ3v) is 3.99. The highest BCUT2D eigenvalue weighted by molar-refractivity contribution is 5.54. The van der Waals surface area contributed by atoms with E-state index in [1.165, 1.54) is 17.3 Å². The van der Waals surface area contributed by atoms with Gasteiger partial charge in [-0.2, -0.15) is 0 Å². The molecule has 1 aromatic carbocycles. The van der Waals surface area contributed by atoms with E-state index in [2.05, 4.69) is 16.0 Å². The Labute approximate surface area is 128 Å². The molecule has 0 aliphatic carbocycles. The number of benzene rings is 1. The lowest BCUT2D eigenvalue weighted by molar-refractivity contribution is -0.385. The average molecular weight is 299 g/mol. The molecule has 1 aliphatic rings. The standard InChI is InChI=1S/C16H17N3O3/c1-11-8-13(19(20)21)9-17-16(11)18-7-6-14-12(10-18)4-3-5-15(14)22-2/h3-5,8-9H,6-7,10H2,1-2H3. The smallest absolute Gasteiger partial charge is 0.287 e. The highest BCUT2D eigenvalue weighted by Crippen LogP contribution is 2.31. The van der Waals surface area contributed by atoms with Crippen LogP contribution in [-0.2, 0) is 13.0 Å². The molecule has 0 fully saturated rings. The zero-order chi connectivity index (χ0) is 15.7. The first-order valence-corrected chi connectivity index (χ1v) is 7.11. The second kappa shape index (κ2) is 5.63. The minimum absolute atomic E-state index is 0.0281. The summed E-state index contributed by atoms with van der Waals surface area (Å²) in [4.78, 5) is 16.8. The zero-order valence-electron chi connectivity index (χ0n) is 12.6. The fraction of sp³-hybridized carbons (Fsp3) is 0.312. The Morgan fingerprint density at radius 2 is 2.23 bits per heavy atom. The van der Waals surface area contributed by atoms with Gasteiger partial charge in [0.2, 0.25) is 0 Å². The minimum atomic E-state index is -0.417. The molecule has 22 heavy (non-hydrogen) atoms. The van der Waals surface area contributed by atoms with Crippen LogP contribution in [0.4, 0.5) is 11.5 Å². The summed E-state index contributed by atoms with van der Waals surface area (Å²) in [7, 11) is 1.68. The summed E-state index contributed by atoms with van der Waals surface area (Å²) in [5, 5.41) is 10.8. The van der Waals surface area contributed by atoms with Gasteiger partial charge in [-0.25, -0.2) is 4.98 Å². The molecule has 0 N–H and O–H groups in total. The quantitative estimate of drug-likeness (QED) is 0.644. The molecule has 0 amide bonds. The molecule has 2 heterocycles. The maximum absolute atomic E-state index is 10.8. The number of pyridine rings is 1. The van der Waals surface area contributed by atoms with Crippen LogP contribution in [0.3, 0.4) is 0 Å². The predicted molar refractivity (Wildman–Crippen MR) is 83.4 cm³/mol. The van der Waals surface area contributed by atoms with Crippen LogP contribution in [0.2, 0.25) is 0 Å². The summed E-state index contributed by atoms with van der Waals surface area (Å²) < 4.78 is 5.41. The first kappa shape index (κ1) is 14.3. The molecular formula is C16H17N3O3. The lowest BCUT2D eigenvalue weighted by Gasteiger charge is -2.31. The molecule has 0 saturated heterocycles. The molecule has 1 aliphatic heterocycles. The van der Waals surface area contributed by atoms with Crippen LogP contribution < -0.4 is 9.64 Å². The average Bonchev–Trinajstić information content (AvgIpc) is 2.53. The maximum atomic E-state index is 10.8. The largest absolute Gasteiger partial charge is 0.496 e. The van der Waals surface area contributed by atoms with Crippen LogP contribution in [0.25, 0.3) is 0 Å². The maximum Gasteiger partial charge on any atom is 0.287 e. The predicted octanol–water partition coefficient (Wildman–Crippen LogP) is 2.87. The van der Waals surface area contributed by atoms with E-state index in [4.69, 9.17) is 4.74 Å². The lowest BCUT2D eigenvalue weighted by Crippen LogP contribution is -2.31. The fourth-order valence-electron chi connectivity index (χ4n) is 2.93. The van der Waals surface area contributed by atoms with Crippen molar-refractivity contribution in [3.63, 3.8) is 0 Å². The number of ether oxygens (including phenoxy) is 1. The Kier molecular flexibility index (Phi) is 3.66. The van der Waals surface area contributed by atoms with E-state index < -0.39 is 4.92 Å². The van der Waals surface area contributed by atoms with Crippen molar-refractivity contribution in [1.82, 2.24) is 4.98 Å². The van der Waals surface area contributed by atoms with Crippen molar-refractivity contribution in [3.8, 4) is 5.75 Å². The summed E-state index contributed by atoms with van der Waals surface area (Å²) in [5.41, 5.74) is 3.30. The molecule has 0 spiro atoms. The third kappa shape index (κ3) is 2.47. The van der Waals surface area contributed by atoms with Crippen LogP contribution in [0.5, 0.6) is 5.75 Å². The molecular weight excluding hydrogens is 282 g/mol. The van der Waals surface area contributed by atoms with E-state index in [9.17, 15) is 10.1 Å². The monoisotopic (exact) mass is 299 g/mol. The van der Waals surface area contributed by atoms with E-state index in [0.29, 0.717) is 0 Å². The summed E-state index contributed by atoms with van der Waals surface area (Å²) in [5.74, 6) is 1.73. The van der Waals surface area contributed by atoms with E-state index in [1.54, 1.807) is 13.2 Å². The molecule has 0 atom stereocenters. The van der Waals surface area contributed by atoms with Crippen LogP contribution in [0.1, 0.15) is 16.7 Å². The number of hydrogen-bond acceptors (Lipinski definition) is 5. The summed E-state index contributed by atoms with van der Waals surface area (Å²) in [6, 6.07) is 7.62. The van der Waals surface area contributed by atoms with Gasteiger partial charge in [0.1, 0.15) is 17.8 Å². The number of aryl methyl sites for hydroxylation is 1. The van der Waals surface area contributed by atoms with Gasteiger partial charge in [0.15, 0.2) is 0 Å². The van der Waals surface area contributed by atoms with E-state index in [0.717, 1.165) is 36.6 Å². The number of hydrogen-bond donors (Lipinski definition) is 0. The van der Waals surface area contributed by atoms with Crippen LogP contribution in [0.15, 0.2) is 30.5 Å². The number of nitro groups is 1. The second-order valence-corrected chi connectivity index (χ2v) is 5.36. The molecule has 1 aromatic heterocycles. The summed E-state index contributed by atoms with van der Waals surface area (Å²) in [6.07, 6.45) is 2.20. The number of nitrogens with zero attached hydrogens (tertiary/aromatic N) is 3. The molecule has 0 bridgehead atoms. The Balaban J connectivity index is 1.90. The Hall–Kier alpha value is -2.63. The Morgan fingerprint density at radius 1 is 1.41 bits per heavy atom. The summed E-state index contributed by atoms with van der Waals surface area (Å²) >= 11 is 0. The Morgan fingerprint density at radius 3 is 2.91 bits per heavy atom. The van der Waals surface area contributed by atoms with Crippen LogP contribution in [0, 0.1) is 17.0 Å². The molecule has 114 valence electrons. The highest BCUT2D eigenvalue weighted by atomic mass is 16.6. The zero-order valence-corrected chi connectivity index (χ0v) is 12.6. The van der Waals surface area contributed by atoms with Crippen molar-refractivity contribution in [2.24, 2.45) is 0 Å². The molecule has 6 nitrogen and oxygen atoms in total. The van der Waals surface area contributed by atoms with Gasteiger partial charge in [0, 0.05) is 24.7 Å². The lowest BCUT2D eigenvalue weighted by atomic mass is 9.98. The molecule has 3 rings (SSSR count). The second-order valence-electron chi connectivity index (χ2n) is 5.36. The van der Waals surface area contributed by atoms with Gasteiger partial charge in [-0.3, -0.25) is 10.1 Å². The van der Waals surface area contributed by atoms with Crippen molar-refractivity contribution in [1.29, 1.82) is 0 Å². The van der Waals surface area contributed by atoms with Gasteiger partial charge >= 0.3 is 0 Å². The molecule has 6 heteroatoms. The van der Waals surface area contributed by atoms with Crippen molar-refractivity contribution in [2.75, 3.05) is 18.6 Å². The fourth-order valence-corrected chi connectivity index (χ4v) is 2.93. The third-order valence-electron chi connectivity index (χ3n) is 3.99. The van der Waals surface area contributed by atoms with Crippen molar-refractivity contribution in [2.45, 2.75) is 19.9 Å². The van der Waals surface area contributed by atoms with Gasteiger partial charge in [0.05, 0.1) is 12.0 Å². The van der Waals surface area contributed by atoms with Gasteiger partial charge < -0.3 is 9.64 Å². The molecule has 2 aromatic rings. The Bertz CT molecular complexity index is 731. The minimum Gasteiger partial charge on any atom is -0.496 e. The van der Waals surface area contributed by atoms with E-state index in [-0.39, 0.29) is 5.69 Å². The van der Waals surface area contributed by atoms with Gasteiger partial charge in [0.25, 0.3) is 5.69 Å². The van der Waals surface area contributed by atoms with Gasteiger partial charge in [-0.15, -0.1) is 0 Å². The van der Waals surface area contributed by atoms with Crippen LogP contribution >= 0.6 is 0 Å². The van der Waals surface area contributed by atoms with Crippen molar-refractivity contribution >= 4 is 11.5 Å². The molecule has 0 saturated carbocycles. The van der Waals surface area contributed by atoms with Gasteiger partial charge in [-0.05, 0) is 30.5 Å². The normalized spacial score (nSPS) is 13.6. The van der Waals surface area contributed by atoms with E-state index in [1.807, 2.05) is 19.1 Å². The molecule has 0 radical (unpaired) electrons. The number of anilines is 1. The van der Waals surface area contributed by atoms with E-state index >= 15 is 0 Å². The van der Waals surface area contributed by atoms with Crippen LogP contribution in [-0.4, -0.2) is 23.6 Å². The van der Waals surface area contributed by atoms with Gasteiger partial charge in [-0.1, -0.05) is 12.1 Å². The SMILES string of the molecule is COc1cccc2c1CCN(c1ncc([N+](=O)[O-])cc1C)C2. The summed E-state index contributed by atoms with van der Waals surface area (Å²) in [6.45, 7) is 3.41.